The maximum Gasteiger partial charge on any atom is 0.387 e. The van der Waals surface area contributed by atoms with Gasteiger partial charge in [-0.1, -0.05) is 12.1 Å². The summed E-state index contributed by atoms with van der Waals surface area (Å²) < 4.78 is 51.1. The first kappa shape index (κ1) is 17.5. The minimum atomic E-state index is -3.04. The number of carbonyl (C=O) groups excluding carboxylic acids is 1. The van der Waals surface area contributed by atoms with Gasteiger partial charge >= 0.3 is 12.6 Å². The van der Waals surface area contributed by atoms with Crippen LogP contribution in [-0.4, -0.2) is 50.6 Å². The van der Waals surface area contributed by atoms with E-state index in [-0.39, 0.29) is 42.4 Å². The normalized spacial score (nSPS) is 18.5. The molecule has 0 aromatic heterocycles. The number of halogens is 2. The van der Waals surface area contributed by atoms with E-state index >= 15 is 0 Å². The van der Waals surface area contributed by atoms with Crippen molar-refractivity contribution in [1.29, 1.82) is 0 Å². The van der Waals surface area contributed by atoms with Gasteiger partial charge in [0, 0.05) is 13.1 Å². The van der Waals surface area contributed by atoms with Gasteiger partial charge in [0.05, 0.1) is 17.5 Å². The summed E-state index contributed by atoms with van der Waals surface area (Å²) >= 11 is 0. The van der Waals surface area contributed by atoms with Crippen molar-refractivity contribution in [3.05, 3.63) is 29.8 Å². The Bertz CT molecular complexity index is 635. The average molecular weight is 348 g/mol. The first-order valence-electron chi connectivity index (χ1n) is 7.07. The van der Waals surface area contributed by atoms with Crippen molar-refractivity contribution in [2.45, 2.75) is 19.6 Å². The van der Waals surface area contributed by atoms with E-state index in [4.69, 9.17) is 0 Å². The summed E-state index contributed by atoms with van der Waals surface area (Å²) in [5, 5.41) is 2.76. The molecule has 1 aromatic rings. The van der Waals surface area contributed by atoms with Crippen LogP contribution >= 0.6 is 0 Å². The Kier molecular flexibility index (Phi) is 5.40. The van der Waals surface area contributed by atoms with Crippen LogP contribution in [0.1, 0.15) is 18.5 Å². The minimum Gasteiger partial charge on any atom is -0.435 e. The number of amides is 2. The van der Waals surface area contributed by atoms with Crippen molar-refractivity contribution < 1.29 is 26.7 Å². The first-order chi connectivity index (χ1) is 10.8. The van der Waals surface area contributed by atoms with E-state index < -0.39 is 16.4 Å². The number of ether oxygens (including phenoxy) is 1. The van der Waals surface area contributed by atoms with Crippen molar-refractivity contribution in [1.82, 2.24) is 10.2 Å². The van der Waals surface area contributed by atoms with E-state index in [1.165, 1.54) is 17.0 Å². The van der Waals surface area contributed by atoms with Gasteiger partial charge in [-0.05, 0) is 24.6 Å². The molecular weight excluding hydrogens is 330 g/mol. The van der Waals surface area contributed by atoms with Gasteiger partial charge in [-0.3, -0.25) is 0 Å². The summed E-state index contributed by atoms with van der Waals surface area (Å²) in [6.07, 6.45) is 0. The van der Waals surface area contributed by atoms with Crippen LogP contribution < -0.4 is 10.1 Å². The Balaban J connectivity index is 1.91. The molecule has 128 valence electrons. The molecule has 1 aliphatic heterocycles. The molecule has 1 N–H and O–H groups in total. The van der Waals surface area contributed by atoms with Gasteiger partial charge in [0.2, 0.25) is 0 Å². The Labute approximate surface area is 133 Å². The fourth-order valence-corrected chi connectivity index (χ4v) is 3.41. The van der Waals surface area contributed by atoms with Crippen LogP contribution in [0.15, 0.2) is 24.3 Å². The van der Waals surface area contributed by atoms with Crippen LogP contribution in [0.5, 0.6) is 5.75 Å². The highest BCUT2D eigenvalue weighted by Crippen LogP contribution is 2.19. The third kappa shape index (κ3) is 5.05. The molecule has 1 aromatic carbocycles. The largest absolute Gasteiger partial charge is 0.435 e. The fourth-order valence-electron chi connectivity index (χ4n) is 2.21. The molecule has 0 aliphatic carbocycles. The molecule has 1 fully saturated rings. The molecule has 0 spiro atoms. The molecule has 1 atom stereocenters. The highest BCUT2D eigenvalue weighted by molar-refractivity contribution is 7.91. The predicted molar refractivity (Wildman–Crippen MR) is 80.2 cm³/mol. The molecule has 6 nitrogen and oxygen atoms in total. The van der Waals surface area contributed by atoms with Crippen molar-refractivity contribution in [3.63, 3.8) is 0 Å². The molecule has 1 aliphatic rings. The predicted octanol–water partition coefficient (Wildman–Crippen LogP) is 1.79. The standard InChI is InChI=1S/C14H18F2N2O4S/c1-10(11-2-4-12(5-3-11)22-13(15)16)17-14(19)18-6-8-23(20,21)9-7-18/h2-5,10,13H,6-9H2,1H3,(H,17,19)/t10-/m1/s1. The van der Waals surface area contributed by atoms with Crippen molar-refractivity contribution in [2.24, 2.45) is 0 Å². The van der Waals surface area contributed by atoms with Gasteiger partial charge in [-0.15, -0.1) is 0 Å². The Hall–Kier alpha value is -1.90. The number of urea groups is 1. The zero-order valence-electron chi connectivity index (χ0n) is 12.5. The minimum absolute atomic E-state index is 0.0333. The molecule has 23 heavy (non-hydrogen) atoms. The lowest BCUT2D eigenvalue weighted by Gasteiger charge is -2.28. The van der Waals surface area contributed by atoms with Gasteiger partial charge in [-0.25, -0.2) is 13.2 Å². The molecule has 1 saturated heterocycles. The van der Waals surface area contributed by atoms with Crippen LogP contribution in [0.2, 0.25) is 0 Å². The number of rotatable bonds is 4. The molecule has 9 heteroatoms. The van der Waals surface area contributed by atoms with E-state index in [0.717, 1.165) is 5.56 Å². The van der Waals surface area contributed by atoms with Gasteiger partial charge in [-0.2, -0.15) is 8.78 Å². The summed E-state index contributed by atoms with van der Waals surface area (Å²) in [4.78, 5) is 13.6. The van der Waals surface area contributed by atoms with Crippen LogP contribution in [0, 0.1) is 0 Å². The second kappa shape index (κ2) is 7.12. The lowest BCUT2D eigenvalue weighted by Crippen LogP contribution is -2.48. The van der Waals surface area contributed by atoms with Crippen LogP contribution in [0.4, 0.5) is 13.6 Å². The highest BCUT2D eigenvalue weighted by atomic mass is 32.2. The van der Waals surface area contributed by atoms with Gasteiger partial charge in [0.1, 0.15) is 5.75 Å². The smallest absolute Gasteiger partial charge is 0.387 e. The van der Waals surface area contributed by atoms with Crippen molar-refractivity contribution in [2.75, 3.05) is 24.6 Å². The molecule has 2 rings (SSSR count). The van der Waals surface area contributed by atoms with Gasteiger partial charge in [0.25, 0.3) is 0 Å². The maximum atomic E-state index is 12.1. The van der Waals surface area contributed by atoms with Crippen LogP contribution in [0.3, 0.4) is 0 Å². The third-order valence-electron chi connectivity index (χ3n) is 3.58. The van der Waals surface area contributed by atoms with Crippen LogP contribution in [-0.2, 0) is 9.84 Å². The fraction of sp³-hybridized carbons (Fsp3) is 0.500. The average Bonchev–Trinajstić information content (AvgIpc) is 2.47. The number of nitrogens with one attached hydrogen (secondary N) is 1. The van der Waals surface area contributed by atoms with Crippen molar-refractivity contribution >= 4 is 15.9 Å². The van der Waals surface area contributed by atoms with Gasteiger partial charge < -0.3 is 15.0 Å². The number of sulfone groups is 1. The number of alkyl halides is 2. The van der Waals surface area contributed by atoms with Crippen molar-refractivity contribution in [3.8, 4) is 5.75 Å². The molecule has 0 saturated carbocycles. The second-order valence-electron chi connectivity index (χ2n) is 5.26. The summed E-state index contributed by atoms with van der Waals surface area (Å²) in [6, 6.07) is 5.28. The van der Waals surface area contributed by atoms with Crippen LogP contribution in [0.25, 0.3) is 0 Å². The quantitative estimate of drug-likeness (QED) is 0.900. The number of benzene rings is 1. The molecule has 1 heterocycles. The maximum absolute atomic E-state index is 12.1. The molecular formula is C14H18F2N2O4S. The zero-order valence-corrected chi connectivity index (χ0v) is 13.4. The molecule has 0 unspecified atom stereocenters. The van der Waals surface area contributed by atoms with Gasteiger partial charge in [0.15, 0.2) is 9.84 Å². The monoisotopic (exact) mass is 348 g/mol. The summed E-state index contributed by atoms with van der Waals surface area (Å²) in [7, 11) is -3.04. The third-order valence-corrected chi connectivity index (χ3v) is 5.19. The summed E-state index contributed by atoms with van der Waals surface area (Å²) in [6.45, 7) is -0.792. The van der Waals surface area contributed by atoms with E-state index in [1.807, 2.05) is 0 Å². The lowest BCUT2D eigenvalue weighted by molar-refractivity contribution is -0.0498. The number of carbonyl (C=O) groups is 1. The van der Waals surface area contributed by atoms with E-state index in [9.17, 15) is 22.0 Å². The number of nitrogens with zero attached hydrogens (tertiary/aromatic N) is 1. The van der Waals surface area contributed by atoms with E-state index in [0.29, 0.717) is 0 Å². The lowest BCUT2D eigenvalue weighted by atomic mass is 10.1. The Morgan fingerprint density at radius 3 is 2.30 bits per heavy atom. The SMILES string of the molecule is C[C@@H](NC(=O)N1CCS(=O)(=O)CC1)c1ccc(OC(F)F)cc1. The number of hydrogen-bond acceptors (Lipinski definition) is 4. The van der Waals surface area contributed by atoms with E-state index in [2.05, 4.69) is 10.1 Å². The molecule has 2 amide bonds. The first-order valence-corrected chi connectivity index (χ1v) is 8.89. The zero-order chi connectivity index (χ0) is 17.0. The Morgan fingerprint density at radius 2 is 1.78 bits per heavy atom. The summed E-state index contributed by atoms with van der Waals surface area (Å²) in [5.74, 6) is -0.0216. The highest BCUT2D eigenvalue weighted by Gasteiger charge is 2.25. The number of hydrogen-bond donors (Lipinski definition) is 1. The second-order valence-corrected chi connectivity index (χ2v) is 7.56. The Morgan fingerprint density at radius 1 is 1.22 bits per heavy atom. The van der Waals surface area contributed by atoms with E-state index in [1.54, 1.807) is 19.1 Å². The topological polar surface area (TPSA) is 75.7 Å². The molecule has 0 bridgehead atoms. The molecule has 0 radical (unpaired) electrons. The summed E-state index contributed by atoms with van der Waals surface area (Å²) in [5.41, 5.74) is 0.726.